The minimum absolute atomic E-state index is 0.153. The van der Waals surface area contributed by atoms with Crippen molar-refractivity contribution in [1.29, 1.82) is 0 Å². The lowest BCUT2D eigenvalue weighted by atomic mass is 10.3. The smallest absolute Gasteiger partial charge is 0.220 e. The van der Waals surface area contributed by atoms with Crippen molar-refractivity contribution in [2.24, 2.45) is 4.99 Å². The molecule has 2 rings (SSSR count). The zero-order valence-corrected chi connectivity index (χ0v) is 13.4. The van der Waals surface area contributed by atoms with Crippen LogP contribution < -0.4 is 16.0 Å². The van der Waals surface area contributed by atoms with Gasteiger partial charge < -0.3 is 16.0 Å². The first-order valence-corrected chi connectivity index (χ1v) is 8.14. The summed E-state index contributed by atoms with van der Waals surface area (Å²) in [7, 11) is 1.74. The quantitative estimate of drug-likeness (QED) is 0.401. The normalized spacial score (nSPS) is 14.9. The van der Waals surface area contributed by atoms with Crippen LogP contribution in [0.25, 0.3) is 0 Å². The van der Waals surface area contributed by atoms with Gasteiger partial charge in [-0.3, -0.25) is 9.79 Å². The van der Waals surface area contributed by atoms with E-state index < -0.39 is 0 Å². The van der Waals surface area contributed by atoms with Crippen LogP contribution in [0.1, 0.15) is 35.6 Å². The third-order valence-corrected chi connectivity index (χ3v) is 4.03. The number of rotatable bonds is 7. The SMILES string of the molecule is CN=C(NCCCC(=O)NC1CC1)NCc1ncc(C)s1. The predicted molar refractivity (Wildman–Crippen MR) is 85.5 cm³/mol. The van der Waals surface area contributed by atoms with Crippen molar-refractivity contribution in [3.8, 4) is 0 Å². The summed E-state index contributed by atoms with van der Waals surface area (Å²) in [5.41, 5.74) is 0. The van der Waals surface area contributed by atoms with Gasteiger partial charge in [0.1, 0.15) is 5.01 Å². The van der Waals surface area contributed by atoms with Crippen LogP contribution in [0.15, 0.2) is 11.2 Å². The summed E-state index contributed by atoms with van der Waals surface area (Å²) in [4.78, 5) is 21.2. The van der Waals surface area contributed by atoms with E-state index in [1.807, 2.05) is 13.1 Å². The zero-order chi connectivity index (χ0) is 15.1. The molecule has 3 N–H and O–H groups in total. The van der Waals surface area contributed by atoms with Gasteiger partial charge >= 0.3 is 0 Å². The Balaban J connectivity index is 1.57. The van der Waals surface area contributed by atoms with Crippen LogP contribution in [-0.4, -0.2) is 36.5 Å². The van der Waals surface area contributed by atoms with Crippen LogP contribution in [0.5, 0.6) is 0 Å². The van der Waals surface area contributed by atoms with Crippen molar-refractivity contribution < 1.29 is 4.79 Å². The van der Waals surface area contributed by atoms with E-state index in [0.29, 0.717) is 19.0 Å². The van der Waals surface area contributed by atoms with E-state index in [4.69, 9.17) is 0 Å². The number of nitrogens with zero attached hydrogens (tertiary/aromatic N) is 2. The molecule has 1 aliphatic rings. The molecule has 1 aromatic rings. The molecule has 21 heavy (non-hydrogen) atoms. The molecule has 116 valence electrons. The molecule has 1 saturated carbocycles. The highest BCUT2D eigenvalue weighted by Gasteiger charge is 2.22. The van der Waals surface area contributed by atoms with Crippen molar-refractivity contribution in [3.05, 3.63) is 16.1 Å². The Morgan fingerprint density at radius 1 is 1.48 bits per heavy atom. The van der Waals surface area contributed by atoms with Crippen molar-refractivity contribution in [3.63, 3.8) is 0 Å². The molecule has 6 nitrogen and oxygen atoms in total. The van der Waals surface area contributed by atoms with Gasteiger partial charge in [-0.2, -0.15) is 0 Å². The first kappa shape index (κ1) is 15.8. The molecule has 1 fully saturated rings. The fourth-order valence-electron chi connectivity index (χ4n) is 1.85. The van der Waals surface area contributed by atoms with Crippen LogP contribution in [-0.2, 0) is 11.3 Å². The highest BCUT2D eigenvalue weighted by Crippen LogP contribution is 2.18. The van der Waals surface area contributed by atoms with Gasteiger partial charge in [0.2, 0.25) is 5.91 Å². The molecular weight excluding hydrogens is 286 g/mol. The second kappa shape index (κ2) is 7.97. The van der Waals surface area contributed by atoms with Gasteiger partial charge in [-0.15, -0.1) is 11.3 Å². The van der Waals surface area contributed by atoms with E-state index in [0.717, 1.165) is 36.8 Å². The molecule has 1 aliphatic carbocycles. The fourth-order valence-corrected chi connectivity index (χ4v) is 2.57. The van der Waals surface area contributed by atoms with Gasteiger partial charge in [0.15, 0.2) is 5.96 Å². The Kier molecular flexibility index (Phi) is 5.98. The van der Waals surface area contributed by atoms with E-state index in [2.05, 4.69) is 25.9 Å². The average Bonchev–Trinajstić information content (AvgIpc) is 3.18. The second-order valence-electron chi connectivity index (χ2n) is 5.16. The molecule has 0 radical (unpaired) electrons. The van der Waals surface area contributed by atoms with Crippen LogP contribution in [0.3, 0.4) is 0 Å². The van der Waals surface area contributed by atoms with Gasteiger partial charge in [0.05, 0.1) is 6.54 Å². The number of aryl methyl sites for hydroxylation is 1. The minimum Gasteiger partial charge on any atom is -0.356 e. The Bertz CT molecular complexity index is 495. The van der Waals surface area contributed by atoms with E-state index in [1.165, 1.54) is 4.88 Å². The van der Waals surface area contributed by atoms with E-state index in [-0.39, 0.29) is 5.91 Å². The molecule has 0 saturated heterocycles. The number of carbonyl (C=O) groups is 1. The van der Waals surface area contributed by atoms with Crippen LogP contribution in [0, 0.1) is 6.92 Å². The van der Waals surface area contributed by atoms with Gasteiger partial charge in [-0.1, -0.05) is 0 Å². The monoisotopic (exact) mass is 309 g/mol. The number of nitrogens with one attached hydrogen (secondary N) is 3. The average molecular weight is 309 g/mol. The third-order valence-electron chi connectivity index (χ3n) is 3.12. The van der Waals surface area contributed by atoms with Crippen molar-refractivity contribution in [2.75, 3.05) is 13.6 Å². The fraction of sp³-hybridized carbons (Fsp3) is 0.643. The summed E-state index contributed by atoms with van der Waals surface area (Å²) in [6.07, 6.45) is 5.51. The summed E-state index contributed by atoms with van der Waals surface area (Å²) < 4.78 is 0. The summed E-state index contributed by atoms with van der Waals surface area (Å²) in [5, 5.41) is 10.4. The van der Waals surface area contributed by atoms with E-state index in [9.17, 15) is 4.79 Å². The molecule has 7 heteroatoms. The van der Waals surface area contributed by atoms with Crippen LogP contribution >= 0.6 is 11.3 Å². The molecule has 1 aromatic heterocycles. The molecule has 0 aliphatic heterocycles. The Morgan fingerprint density at radius 3 is 2.90 bits per heavy atom. The first-order chi connectivity index (χ1) is 10.2. The van der Waals surface area contributed by atoms with E-state index >= 15 is 0 Å². The highest BCUT2D eigenvalue weighted by molar-refractivity contribution is 7.11. The molecule has 1 heterocycles. The number of aromatic nitrogens is 1. The first-order valence-electron chi connectivity index (χ1n) is 7.32. The number of amides is 1. The maximum atomic E-state index is 11.5. The highest BCUT2D eigenvalue weighted by atomic mass is 32.1. The lowest BCUT2D eigenvalue weighted by molar-refractivity contribution is -0.121. The van der Waals surface area contributed by atoms with Gasteiger partial charge in [0, 0.05) is 37.1 Å². The molecule has 0 spiro atoms. The van der Waals surface area contributed by atoms with Crippen LogP contribution in [0.2, 0.25) is 0 Å². The Labute approximate surface area is 129 Å². The molecule has 0 atom stereocenters. The third kappa shape index (κ3) is 6.12. The van der Waals surface area contributed by atoms with Gasteiger partial charge in [-0.25, -0.2) is 4.98 Å². The Hall–Kier alpha value is -1.63. The summed E-state index contributed by atoms with van der Waals surface area (Å²) in [6.45, 7) is 3.44. The van der Waals surface area contributed by atoms with Gasteiger partial charge in [0.25, 0.3) is 0 Å². The topological polar surface area (TPSA) is 78.4 Å². The Morgan fingerprint density at radius 2 is 2.29 bits per heavy atom. The minimum atomic E-state index is 0.153. The van der Waals surface area contributed by atoms with Crippen molar-refractivity contribution in [2.45, 2.75) is 45.2 Å². The number of aliphatic imine (C=N–C) groups is 1. The molecule has 0 bridgehead atoms. The predicted octanol–water partition coefficient (Wildman–Crippen LogP) is 1.18. The summed E-state index contributed by atoms with van der Waals surface area (Å²) in [5.74, 6) is 0.894. The van der Waals surface area contributed by atoms with Crippen molar-refractivity contribution >= 4 is 23.2 Å². The maximum Gasteiger partial charge on any atom is 0.220 e. The summed E-state index contributed by atoms with van der Waals surface area (Å²) in [6, 6.07) is 0.446. The number of guanidine groups is 1. The standard InChI is InChI=1S/C14H23N5OS/c1-10-8-17-13(21-10)9-18-14(15-2)16-7-3-4-12(20)19-11-5-6-11/h8,11H,3-7,9H2,1-2H3,(H,19,20)(H2,15,16,18). The van der Waals surface area contributed by atoms with Crippen molar-refractivity contribution in [1.82, 2.24) is 20.9 Å². The molecule has 0 aromatic carbocycles. The number of hydrogen-bond acceptors (Lipinski definition) is 4. The maximum absolute atomic E-state index is 11.5. The molecular formula is C14H23N5OS. The lowest BCUT2D eigenvalue weighted by Crippen LogP contribution is -2.37. The molecule has 0 unspecified atom stereocenters. The number of carbonyl (C=O) groups excluding carboxylic acids is 1. The van der Waals surface area contributed by atoms with E-state index in [1.54, 1.807) is 18.4 Å². The second-order valence-corrected chi connectivity index (χ2v) is 6.48. The lowest BCUT2D eigenvalue weighted by Gasteiger charge is -2.10. The van der Waals surface area contributed by atoms with Crippen LogP contribution in [0.4, 0.5) is 0 Å². The largest absolute Gasteiger partial charge is 0.356 e. The number of thiazole rings is 1. The summed E-state index contributed by atoms with van der Waals surface area (Å²) >= 11 is 1.67. The van der Waals surface area contributed by atoms with Gasteiger partial charge in [-0.05, 0) is 26.2 Å². The number of hydrogen-bond donors (Lipinski definition) is 3. The zero-order valence-electron chi connectivity index (χ0n) is 12.6. The molecule has 1 amide bonds.